The molecule has 232 valence electrons. The quantitative estimate of drug-likeness (QED) is 0.200. The minimum absolute atomic E-state index is 0.0504. The van der Waals surface area contributed by atoms with Gasteiger partial charge in [-0.25, -0.2) is 9.78 Å². The molecule has 1 aliphatic carbocycles. The number of nitrogens with two attached hydrogens (primary N) is 1. The molecule has 3 heterocycles. The summed E-state index contributed by atoms with van der Waals surface area (Å²) in [6.07, 6.45) is 2.63. The van der Waals surface area contributed by atoms with E-state index in [0.29, 0.717) is 16.5 Å². The van der Waals surface area contributed by atoms with E-state index >= 15 is 0 Å². The highest BCUT2D eigenvalue weighted by Gasteiger charge is 2.39. The number of aryl methyl sites for hydroxylation is 1. The van der Waals surface area contributed by atoms with Crippen LogP contribution in [-0.2, 0) is 27.1 Å². The summed E-state index contributed by atoms with van der Waals surface area (Å²) in [6, 6.07) is 16.1. The summed E-state index contributed by atoms with van der Waals surface area (Å²) >= 11 is 2.74. The number of pyridine rings is 1. The summed E-state index contributed by atoms with van der Waals surface area (Å²) in [7, 11) is 1.63. The van der Waals surface area contributed by atoms with Crippen LogP contribution >= 0.6 is 23.1 Å². The van der Waals surface area contributed by atoms with Crippen molar-refractivity contribution in [2.24, 2.45) is 17.1 Å². The first-order valence-corrected chi connectivity index (χ1v) is 16.7. The molecule has 0 unspecified atom stereocenters. The van der Waals surface area contributed by atoms with Crippen LogP contribution in [0.5, 0.6) is 5.75 Å². The van der Waals surface area contributed by atoms with Crippen molar-refractivity contribution in [3.8, 4) is 29.0 Å². The largest absolute Gasteiger partial charge is 0.497 e. The van der Waals surface area contributed by atoms with Gasteiger partial charge in [-0.15, -0.1) is 11.3 Å². The van der Waals surface area contributed by atoms with Gasteiger partial charge in [0.15, 0.2) is 0 Å². The Morgan fingerprint density at radius 3 is 2.56 bits per heavy atom. The molecule has 0 amide bonds. The maximum Gasteiger partial charge on any atom is 0.338 e. The van der Waals surface area contributed by atoms with Crippen molar-refractivity contribution in [1.82, 2.24) is 4.98 Å². The third-order valence-corrected chi connectivity index (χ3v) is 10.3. The van der Waals surface area contributed by atoms with Crippen LogP contribution in [0.2, 0.25) is 0 Å². The standard InChI is InChI=1S/C35H36N4O4S2/c1-6-42-34(40)31-27(43-32(38)24(17-36)30(31)28-8-7-15-44-28)19-45-33-25(18-37)29(20-9-12-22(41-5)13-10-20)23-16-21(35(2,3)4)11-14-26(23)39-33/h7-10,12-13,15,21,30H,6,11,14,16,19,38H2,1-5H3/t21-,30+/m1/s1. The zero-order valence-electron chi connectivity index (χ0n) is 26.1. The summed E-state index contributed by atoms with van der Waals surface area (Å²) in [5.41, 5.74) is 11.1. The summed E-state index contributed by atoms with van der Waals surface area (Å²) in [4.78, 5) is 19.2. The van der Waals surface area contributed by atoms with E-state index in [1.807, 2.05) is 41.8 Å². The Kier molecular flexibility index (Phi) is 9.57. The highest BCUT2D eigenvalue weighted by Crippen LogP contribution is 2.46. The lowest BCUT2D eigenvalue weighted by molar-refractivity contribution is -0.139. The van der Waals surface area contributed by atoms with E-state index in [2.05, 4.69) is 32.9 Å². The first-order chi connectivity index (χ1) is 21.6. The van der Waals surface area contributed by atoms with Crippen molar-refractivity contribution < 1.29 is 19.0 Å². The van der Waals surface area contributed by atoms with E-state index < -0.39 is 11.9 Å². The first kappa shape index (κ1) is 32.2. The maximum absolute atomic E-state index is 13.4. The van der Waals surface area contributed by atoms with E-state index in [1.165, 1.54) is 23.1 Å². The molecule has 0 bridgehead atoms. The monoisotopic (exact) mass is 640 g/mol. The zero-order valence-corrected chi connectivity index (χ0v) is 27.7. The Morgan fingerprint density at radius 1 is 1.20 bits per heavy atom. The molecule has 45 heavy (non-hydrogen) atoms. The lowest BCUT2D eigenvalue weighted by Crippen LogP contribution is -2.28. The van der Waals surface area contributed by atoms with Gasteiger partial charge in [-0.05, 0) is 72.2 Å². The average Bonchev–Trinajstić information content (AvgIpc) is 3.57. The molecule has 0 fully saturated rings. The number of nitriles is 2. The van der Waals surface area contributed by atoms with Gasteiger partial charge < -0.3 is 19.9 Å². The molecular formula is C35H36N4O4S2. The van der Waals surface area contributed by atoms with Crippen LogP contribution in [0.25, 0.3) is 11.1 Å². The average molecular weight is 641 g/mol. The Hall–Kier alpha value is -4.25. The third kappa shape index (κ3) is 6.45. The van der Waals surface area contributed by atoms with E-state index in [9.17, 15) is 15.3 Å². The Labute approximate surface area is 272 Å². The number of ether oxygens (including phenoxy) is 3. The van der Waals surface area contributed by atoms with Crippen LogP contribution in [0.1, 0.15) is 61.7 Å². The number of fused-ring (bicyclic) bond motifs is 1. The maximum atomic E-state index is 13.4. The smallest absolute Gasteiger partial charge is 0.338 e. The van der Waals surface area contributed by atoms with Crippen molar-refractivity contribution in [2.45, 2.75) is 57.9 Å². The number of methoxy groups -OCH3 is 1. The molecule has 0 spiro atoms. The van der Waals surface area contributed by atoms with E-state index in [-0.39, 0.29) is 40.6 Å². The molecule has 2 atom stereocenters. The van der Waals surface area contributed by atoms with Crippen molar-refractivity contribution in [3.63, 3.8) is 0 Å². The van der Waals surface area contributed by atoms with Crippen molar-refractivity contribution in [1.29, 1.82) is 10.5 Å². The number of rotatable bonds is 8. The highest BCUT2D eigenvalue weighted by atomic mass is 32.2. The number of thiophene rings is 1. The fourth-order valence-corrected chi connectivity index (χ4v) is 7.78. The van der Waals surface area contributed by atoms with E-state index in [4.69, 9.17) is 24.9 Å². The number of aromatic nitrogens is 1. The van der Waals surface area contributed by atoms with Gasteiger partial charge in [-0.1, -0.05) is 50.7 Å². The number of benzene rings is 1. The van der Waals surface area contributed by atoms with Gasteiger partial charge in [0, 0.05) is 16.1 Å². The molecule has 8 nitrogen and oxygen atoms in total. The predicted octanol–water partition coefficient (Wildman–Crippen LogP) is 7.26. The summed E-state index contributed by atoms with van der Waals surface area (Å²) in [5.74, 6) is 0.286. The molecule has 2 aliphatic rings. The first-order valence-electron chi connectivity index (χ1n) is 14.8. The normalized spacial score (nSPS) is 18.0. The van der Waals surface area contributed by atoms with Gasteiger partial charge in [0.2, 0.25) is 5.88 Å². The molecule has 1 aromatic carbocycles. The van der Waals surface area contributed by atoms with E-state index in [1.54, 1.807) is 14.0 Å². The van der Waals surface area contributed by atoms with Crippen LogP contribution in [0.3, 0.4) is 0 Å². The number of hydrogen-bond acceptors (Lipinski definition) is 10. The summed E-state index contributed by atoms with van der Waals surface area (Å²) in [5, 5.41) is 23.0. The number of thioether (sulfide) groups is 1. The van der Waals surface area contributed by atoms with Crippen LogP contribution in [0, 0.1) is 34.0 Å². The second-order valence-electron chi connectivity index (χ2n) is 12.0. The fraction of sp³-hybridized carbons (Fsp3) is 0.371. The SMILES string of the molecule is CCOC(=O)C1=C(CSc2nc3c(c(-c4ccc(OC)cc4)c2C#N)C[C@H](C(C)(C)C)CC3)OC(N)=C(C#N)[C@H]1c1cccs1. The molecule has 3 aromatic rings. The predicted molar refractivity (Wildman–Crippen MR) is 175 cm³/mol. The van der Waals surface area contributed by atoms with Crippen LogP contribution < -0.4 is 10.5 Å². The van der Waals surface area contributed by atoms with Crippen LogP contribution in [-0.4, -0.2) is 30.4 Å². The molecule has 2 N–H and O–H groups in total. The molecule has 5 rings (SSSR count). The lowest BCUT2D eigenvalue weighted by atomic mass is 9.70. The molecule has 10 heteroatoms. The number of carbonyl (C=O) groups is 1. The number of hydrogen-bond donors (Lipinski definition) is 1. The minimum Gasteiger partial charge on any atom is -0.497 e. The van der Waals surface area contributed by atoms with E-state index in [0.717, 1.165) is 52.3 Å². The number of carbonyl (C=O) groups excluding carboxylic acids is 1. The molecule has 1 aliphatic heterocycles. The molecule has 0 saturated heterocycles. The van der Waals surface area contributed by atoms with Gasteiger partial charge in [0.05, 0.1) is 36.5 Å². The third-order valence-electron chi connectivity index (χ3n) is 8.41. The van der Waals surface area contributed by atoms with Gasteiger partial charge in [-0.3, -0.25) is 0 Å². The topological polar surface area (TPSA) is 131 Å². The number of allylic oxidation sites excluding steroid dienone is 1. The van der Waals surface area contributed by atoms with Gasteiger partial charge in [-0.2, -0.15) is 10.5 Å². The minimum atomic E-state index is -0.713. The van der Waals surface area contributed by atoms with Crippen LogP contribution in [0.4, 0.5) is 0 Å². The van der Waals surface area contributed by atoms with Gasteiger partial charge in [0.1, 0.15) is 34.2 Å². The summed E-state index contributed by atoms with van der Waals surface area (Å²) < 4.78 is 16.8. The van der Waals surface area contributed by atoms with Gasteiger partial charge >= 0.3 is 5.97 Å². The molecule has 0 radical (unpaired) electrons. The second kappa shape index (κ2) is 13.4. The molecule has 0 saturated carbocycles. The Bertz CT molecular complexity index is 1740. The van der Waals surface area contributed by atoms with Crippen molar-refractivity contribution in [3.05, 3.63) is 86.3 Å². The Balaban J connectivity index is 1.62. The van der Waals surface area contributed by atoms with Crippen LogP contribution in [0.15, 0.2) is 69.6 Å². The second-order valence-corrected chi connectivity index (χ2v) is 14.0. The number of nitrogens with zero attached hydrogens (tertiary/aromatic N) is 3. The molecular weight excluding hydrogens is 605 g/mol. The fourth-order valence-electron chi connectivity index (χ4n) is 5.99. The molecule has 2 aromatic heterocycles. The summed E-state index contributed by atoms with van der Waals surface area (Å²) in [6.45, 7) is 8.68. The highest BCUT2D eigenvalue weighted by molar-refractivity contribution is 7.99. The zero-order chi connectivity index (χ0) is 32.3. The van der Waals surface area contributed by atoms with Crippen molar-refractivity contribution in [2.75, 3.05) is 19.5 Å². The lowest BCUT2D eigenvalue weighted by Gasteiger charge is -2.36. The Morgan fingerprint density at radius 2 is 1.96 bits per heavy atom. The van der Waals surface area contributed by atoms with Crippen molar-refractivity contribution >= 4 is 29.1 Å². The van der Waals surface area contributed by atoms with Gasteiger partial charge in [0.25, 0.3) is 0 Å². The number of esters is 1.